The SMILES string of the molecule is C[C@@]1(C(=O)N2CCN(S(=O)(=O)c3cccc(F)c3)CC2)Cc2ccccc2C(=O)O1. The number of rotatable bonds is 3. The summed E-state index contributed by atoms with van der Waals surface area (Å²) < 4.78 is 45.7. The molecule has 4 rings (SSSR count). The summed E-state index contributed by atoms with van der Waals surface area (Å²) in [4.78, 5) is 26.9. The van der Waals surface area contributed by atoms with Crippen LogP contribution in [0.4, 0.5) is 4.39 Å². The Morgan fingerprint density at radius 3 is 2.47 bits per heavy atom. The number of benzene rings is 2. The minimum atomic E-state index is -3.85. The molecule has 0 aromatic heterocycles. The molecule has 9 heteroatoms. The molecule has 2 heterocycles. The van der Waals surface area contributed by atoms with Gasteiger partial charge in [0.15, 0.2) is 5.60 Å². The number of amides is 1. The first-order valence-corrected chi connectivity index (χ1v) is 11.0. The van der Waals surface area contributed by atoms with Crippen molar-refractivity contribution in [2.24, 2.45) is 0 Å². The third-order valence-electron chi connectivity index (χ3n) is 5.50. The van der Waals surface area contributed by atoms with Crippen LogP contribution in [-0.4, -0.2) is 61.3 Å². The van der Waals surface area contributed by atoms with Crippen LogP contribution < -0.4 is 0 Å². The van der Waals surface area contributed by atoms with Gasteiger partial charge in [-0.05, 0) is 36.8 Å². The van der Waals surface area contributed by atoms with Crippen molar-refractivity contribution < 1.29 is 27.1 Å². The molecule has 0 N–H and O–H groups in total. The van der Waals surface area contributed by atoms with Gasteiger partial charge < -0.3 is 9.64 Å². The number of halogens is 1. The van der Waals surface area contributed by atoms with Crippen LogP contribution in [-0.2, 0) is 26.0 Å². The molecule has 2 aliphatic heterocycles. The number of sulfonamides is 1. The van der Waals surface area contributed by atoms with Gasteiger partial charge in [0, 0.05) is 32.6 Å². The standard InChI is InChI=1S/C21H21FN2O5S/c1-21(14-15-5-2-3-8-18(15)19(25)29-21)20(26)23-9-11-24(12-10-23)30(27,28)17-7-4-6-16(22)13-17/h2-8,13H,9-12,14H2,1H3/t21-/m0/s1. The monoisotopic (exact) mass is 432 g/mol. The molecule has 2 aromatic rings. The van der Waals surface area contributed by atoms with Crippen molar-refractivity contribution in [3.05, 3.63) is 65.5 Å². The van der Waals surface area contributed by atoms with Crippen LogP contribution in [0.2, 0.25) is 0 Å². The lowest BCUT2D eigenvalue weighted by Gasteiger charge is -2.40. The first kappa shape index (κ1) is 20.5. The fraction of sp³-hybridized carbons (Fsp3) is 0.333. The lowest BCUT2D eigenvalue weighted by atomic mass is 9.89. The quantitative estimate of drug-likeness (QED) is 0.691. The van der Waals surface area contributed by atoms with E-state index in [0.29, 0.717) is 5.56 Å². The van der Waals surface area contributed by atoms with E-state index in [1.54, 1.807) is 31.2 Å². The van der Waals surface area contributed by atoms with Crippen LogP contribution in [0.15, 0.2) is 53.4 Å². The molecule has 1 atom stereocenters. The fourth-order valence-electron chi connectivity index (χ4n) is 3.89. The van der Waals surface area contributed by atoms with E-state index >= 15 is 0 Å². The van der Waals surface area contributed by atoms with Crippen LogP contribution in [0.1, 0.15) is 22.8 Å². The van der Waals surface area contributed by atoms with Crippen LogP contribution >= 0.6 is 0 Å². The number of nitrogens with zero attached hydrogens (tertiary/aromatic N) is 2. The van der Waals surface area contributed by atoms with Gasteiger partial charge in [-0.1, -0.05) is 24.3 Å². The highest BCUT2D eigenvalue weighted by Crippen LogP contribution is 2.30. The highest BCUT2D eigenvalue weighted by Gasteiger charge is 2.45. The number of esters is 1. The molecule has 0 unspecified atom stereocenters. The number of ether oxygens (including phenoxy) is 1. The Bertz CT molecular complexity index is 1110. The highest BCUT2D eigenvalue weighted by atomic mass is 32.2. The Morgan fingerprint density at radius 1 is 1.07 bits per heavy atom. The van der Waals surface area contributed by atoms with Gasteiger partial charge in [0.05, 0.1) is 10.5 Å². The van der Waals surface area contributed by atoms with Gasteiger partial charge >= 0.3 is 5.97 Å². The zero-order valence-corrected chi connectivity index (χ0v) is 17.2. The van der Waals surface area contributed by atoms with Crippen LogP contribution in [0, 0.1) is 5.82 Å². The summed E-state index contributed by atoms with van der Waals surface area (Å²) >= 11 is 0. The maximum Gasteiger partial charge on any atom is 0.339 e. The molecule has 1 amide bonds. The number of hydrogen-bond donors (Lipinski definition) is 0. The third kappa shape index (κ3) is 3.59. The summed E-state index contributed by atoms with van der Waals surface area (Å²) in [6, 6.07) is 11.9. The van der Waals surface area contributed by atoms with Crippen LogP contribution in [0.25, 0.3) is 0 Å². The molecule has 0 spiro atoms. The van der Waals surface area contributed by atoms with Gasteiger partial charge in [0.25, 0.3) is 5.91 Å². The molecule has 0 aliphatic carbocycles. The van der Waals surface area contributed by atoms with Gasteiger partial charge in [0.1, 0.15) is 5.82 Å². The van der Waals surface area contributed by atoms with Gasteiger partial charge in [-0.25, -0.2) is 17.6 Å². The van der Waals surface area contributed by atoms with Gasteiger partial charge in [0.2, 0.25) is 10.0 Å². The normalized spacial score (nSPS) is 22.3. The van der Waals surface area contributed by atoms with E-state index in [1.807, 2.05) is 0 Å². The van der Waals surface area contributed by atoms with Crippen molar-refractivity contribution >= 4 is 21.9 Å². The minimum Gasteiger partial charge on any atom is -0.445 e. The lowest BCUT2D eigenvalue weighted by molar-refractivity contribution is -0.152. The molecule has 2 aromatic carbocycles. The molecule has 0 bridgehead atoms. The second-order valence-electron chi connectivity index (χ2n) is 7.61. The Balaban J connectivity index is 1.47. The van der Waals surface area contributed by atoms with E-state index < -0.39 is 27.4 Å². The molecular weight excluding hydrogens is 411 g/mol. The number of carbonyl (C=O) groups excluding carboxylic acids is 2. The maximum atomic E-state index is 13.4. The number of carbonyl (C=O) groups is 2. The summed E-state index contributed by atoms with van der Waals surface area (Å²) in [5.74, 6) is -1.52. The average Bonchev–Trinajstić information content (AvgIpc) is 2.73. The Kier molecular flexibility index (Phi) is 5.11. The van der Waals surface area contributed by atoms with Crippen LogP contribution in [0.3, 0.4) is 0 Å². The van der Waals surface area contributed by atoms with E-state index in [2.05, 4.69) is 0 Å². The lowest BCUT2D eigenvalue weighted by Crippen LogP contribution is -2.58. The Labute approximate surface area is 174 Å². The van der Waals surface area contributed by atoms with Gasteiger partial charge in [-0.3, -0.25) is 4.79 Å². The predicted molar refractivity (Wildman–Crippen MR) is 106 cm³/mol. The van der Waals surface area contributed by atoms with E-state index in [1.165, 1.54) is 27.4 Å². The van der Waals surface area contributed by atoms with Crippen LogP contribution in [0.5, 0.6) is 0 Å². The smallest absolute Gasteiger partial charge is 0.339 e. The first-order valence-electron chi connectivity index (χ1n) is 9.57. The van der Waals surface area contributed by atoms with E-state index in [4.69, 9.17) is 4.74 Å². The van der Waals surface area contributed by atoms with Crippen molar-refractivity contribution in [2.45, 2.75) is 23.8 Å². The van der Waals surface area contributed by atoms with Crippen molar-refractivity contribution in [1.82, 2.24) is 9.21 Å². The van der Waals surface area contributed by atoms with E-state index in [0.717, 1.165) is 11.6 Å². The molecule has 158 valence electrons. The van der Waals surface area contributed by atoms with Crippen molar-refractivity contribution in [3.8, 4) is 0 Å². The first-order chi connectivity index (χ1) is 14.2. The summed E-state index contributed by atoms with van der Waals surface area (Å²) in [6.45, 7) is 2.04. The molecule has 0 radical (unpaired) electrons. The number of fused-ring (bicyclic) bond motifs is 1. The summed E-state index contributed by atoms with van der Waals surface area (Å²) in [5.41, 5.74) is -0.139. The predicted octanol–water partition coefficient (Wildman–Crippen LogP) is 1.83. The van der Waals surface area contributed by atoms with Crippen molar-refractivity contribution in [2.75, 3.05) is 26.2 Å². The maximum absolute atomic E-state index is 13.4. The largest absolute Gasteiger partial charge is 0.445 e. The zero-order valence-electron chi connectivity index (χ0n) is 16.4. The highest BCUT2D eigenvalue weighted by molar-refractivity contribution is 7.89. The van der Waals surface area contributed by atoms with Crippen molar-refractivity contribution in [3.63, 3.8) is 0 Å². The summed E-state index contributed by atoms with van der Waals surface area (Å²) in [5, 5.41) is 0. The average molecular weight is 432 g/mol. The second kappa shape index (κ2) is 7.48. The summed E-state index contributed by atoms with van der Waals surface area (Å²) in [6.07, 6.45) is 0.259. The zero-order chi connectivity index (χ0) is 21.5. The minimum absolute atomic E-state index is 0.0746. The Morgan fingerprint density at radius 2 is 1.77 bits per heavy atom. The fourth-order valence-corrected chi connectivity index (χ4v) is 5.35. The molecule has 1 saturated heterocycles. The molecule has 0 saturated carbocycles. The number of hydrogen-bond acceptors (Lipinski definition) is 5. The van der Waals surface area contributed by atoms with E-state index in [9.17, 15) is 22.4 Å². The molecular formula is C21H21FN2O5S. The molecule has 1 fully saturated rings. The second-order valence-corrected chi connectivity index (χ2v) is 9.55. The third-order valence-corrected chi connectivity index (χ3v) is 7.39. The number of cyclic esters (lactones) is 1. The topological polar surface area (TPSA) is 84.0 Å². The van der Waals surface area contributed by atoms with Gasteiger partial charge in [-0.2, -0.15) is 4.31 Å². The molecule has 7 nitrogen and oxygen atoms in total. The summed E-state index contributed by atoms with van der Waals surface area (Å²) in [7, 11) is -3.85. The molecule has 30 heavy (non-hydrogen) atoms. The molecule has 2 aliphatic rings. The number of piperazine rings is 1. The van der Waals surface area contributed by atoms with Gasteiger partial charge in [-0.15, -0.1) is 0 Å². The van der Waals surface area contributed by atoms with E-state index in [-0.39, 0.29) is 43.4 Å². The van der Waals surface area contributed by atoms with Crippen molar-refractivity contribution in [1.29, 1.82) is 0 Å². The Hall–Kier alpha value is -2.78.